The number of nitriles is 1. The Kier molecular flexibility index (Phi) is 6.81. The monoisotopic (exact) mass is 465 g/mol. The summed E-state index contributed by atoms with van der Waals surface area (Å²) < 4.78 is 75.6. The number of rotatable bonds is 8. The molecular formula is C20H18F3N5O3S. The molecule has 0 saturated carbocycles. The molecule has 0 aliphatic carbocycles. The largest absolute Gasteiger partial charge is 0.457 e. The van der Waals surface area contributed by atoms with Gasteiger partial charge in [-0.05, 0) is 30.7 Å². The molecule has 0 spiro atoms. The third-order valence-corrected chi connectivity index (χ3v) is 5.23. The van der Waals surface area contributed by atoms with Crippen LogP contribution in [-0.4, -0.2) is 31.1 Å². The van der Waals surface area contributed by atoms with Crippen LogP contribution in [0.1, 0.15) is 30.6 Å². The van der Waals surface area contributed by atoms with Gasteiger partial charge in [0.15, 0.2) is 0 Å². The van der Waals surface area contributed by atoms with Crippen molar-refractivity contribution in [1.82, 2.24) is 14.7 Å². The molecule has 3 aromatic rings. The number of para-hydroxylation sites is 2. The van der Waals surface area contributed by atoms with Gasteiger partial charge in [0.25, 0.3) is 16.1 Å². The number of anilines is 1. The summed E-state index contributed by atoms with van der Waals surface area (Å²) in [6.07, 6.45) is -6.84. The molecule has 1 heterocycles. The van der Waals surface area contributed by atoms with Crippen LogP contribution in [0.15, 0.2) is 48.5 Å². The smallest absolute Gasteiger partial charge is 0.429 e. The van der Waals surface area contributed by atoms with E-state index in [0.717, 1.165) is 12.1 Å². The van der Waals surface area contributed by atoms with E-state index in [4.69, 9.17) is 10.00 Å². The minimum Gasteiger partial charge on any atom is -0.457 e. The summed E-state index contributed by atoms with van der Waals surface area (Å²) in [5.41, 5.74) is 0.364. The Balaban J connectivity index is 2.06. The number of alkyl halides is 3. The summed E-state index contributed by atoms with van der Waals surface area (Å²) in [5.74, 6) is -1.13. The fraction of sp³-hybridized carbons (Fsp3) is 0.250. The Morgan fingerprint density at radius 1 is 1.09 bits per heavy atom. The number of halogens is 3. The predicted octanol–water partition coefficient (Wildman–Crippen LogP) is 3.84. The quantitative estimate of drug-likeness (QED) is 0.522. The van der Waals surface area contributed by atoms with Crippen molar-refractivity contribution in [3.63, 3.8) is 0 Å². The third-order valence-electron chi connectivity index (χ3n) is 4.18. The molecule has 0 fully saturated rings. The molecule has 2 N–H and O–H groups in total. The lowest BCUT2D eigenvalue weighted by molar-refractivity contribution is -0.198. The Hall–Kier alpha value is -3.43. The molecule has 32 heavy (non-hydrogen) atoms. The SMILES string of the molecule is CCCNS(=O)(=O)Nc1nc2ccccc2nc1OC(c1ccc(C#N)cc1)C(F)(F)F. The molecule has 0 bridgehead atoms. The first-order valence-corrected chi connectivity index (χ1v) is 10.9. The van der Waals surface area contributed by atoms with Crippen LogP contribution in [0.25, 0.3) is 11.0 Å². The fourth-order valence-corrected chi connectivity index (χ4v) is 3.63. The zero-order valence-electron chi connectivity index (χ0n) is 16.7. The average Bonchev–Trinajstić information content (AvgIpc) is 2.75. The Labute approximate surface area is 182 Å². The second kappa shape index (κ2) is 9.37. The van der Waals surface area contributed by atoms with Gasteiger partial charge in [-0.15, -0.1) is 0 Å². The highest BCUT2D eigenvalue weighted by atomic mass is 32.2. The lowest BCUT2D eigenvalue weighted by Gasteiger charge is -2.23. The van der Waals surface area contributed by atoms with Gasteiger partial charge in [0.05, 0.1) is 22.7 Å². The number of fused-ring (bicyclic) bond motifs is 1. The van der Waals surface area contributed by atoms with Crippen LogP contribution < -0.4 is 14.2 Å². The molecule has 1 aromatic heterocycles. The lowest BCUT2D eigenvalue weighted by Crippen LogP contribution is -2.32. The Morgan fingerprint density at radius 3 is 2.28 bits per heavy atom. The van der Waals surface area contributed by atoms with Gasteiger partial charge in [0.1, 0.15) is 0 Å². The van der Waals surface area contributed by atoms with E-state index in [-0.39, 0.29) is 28.7 Å². The highest BCUT2D eigenvalue weighted by Crippen LogP contribution is 2.38. The minimum absolute atomic E-state index is 0.114. The molecule has 0 aliphatic rings. The molecule has 12 heteroatoms. The van der Waals surface area contributed by atoms with E-state index in [1.807, 2.05) is 6.07 Å². The van der Waals surface area contributed by atoms with E-state index in [1.165, 1.54) is 24.3 Å². The number of benzene rings is 2. The first kappa shape index (κ1) is 23.2. The Bertz CT molecular complexity index is 1240. The van der Waals surface area contributed by atoms with Crippen molar-refractivity contribution in [3.8, 4) is 11.9 Å². The van der Waals surface area contributed by atoms with E-state index < -0.39 is 34.2 Å². The molecule has 0 radical (unpaired) electrons. The van der Waals surface area contributed by atoms with Gasteiger partial charge in [-0.3, -0.25) is 4.72 Å². The summed E-state index contributed by atoms with van der Waals surface area (Å²) >= 11 is 0. The number of aromatic nitrogens is 2. The second-order valence-corrected chi connectivity index (χ2v) is 8.14. The number of hydrogen-bond donors (Lipinski definition) is 2. The van der Waals surface area contributed by atoms with Gasteiger partial charge >= 0.3 is 6.18 Å². The molecule has 1 atom stereocenters. The third kappa shape index (κ3) is 5.63. The van der Waals surface area contributed by atoms with Crippen molar-refractivity contribution in [2.45, 2.75) is 25.6 Å². The summed E-state index contributed by atoms with van der Waals surface area (Å²) in [6.45, 7) is 1.86. The highest BCUT2D eigenvalue weighted by molar-refractivity contribution is 7.90. The highest BCUT2D eigenvalue weighted by Gasteiger charge is 2.44. The summed E-state index contributed by atoms with van der Waals surface area (Å²) in [4.78, 5) is 8.16. The van der Waals surface area contributed by atoms with Crippen LogP contribution in [-0.2, 0) is 10.2 Å². The van der Waals surface area contributed by atoms with Gasteiger partial charge in [-0.1, -0.05) is 31.2 Å². The molecular weight excluding hydrogens is 447 g/mol. The molecule has 0 amide bonds. The van der Waals surface area contributed by atoms with E-state index in [0.29, 0.717) is 6.42 Å². The van der Waals surface area contributed by atoms with Crippen LogP contribution in [0.5, 0.6) is 5.88 Å². The van der Waals surface area contributed by atoms with Crippen molar-refractivity contribution in [1.29, 1.82) is 5.26 Å². The lowest BCUT2D eigenvalue weighted by atomic mass is 10.1. The van der Waals surface area contributed by atoms with Crippen LogP contribution >= 0.6 is 0 Å². The van der Waals surface area contributed by atoms with Crippen molar-refractivity contribution >= 4 is 27.1 Å². The van der Waals surface area contributed by atoms with E-state index in [2.05, 4.69) is 19.4 Å². The van der Waals surface area contributed by atoms with Gasteiger partial charge in [0, 0.05) is 12.1 Å². The standard InChI is InChI=1S/C20H18F3N5O3S/c1-2-11-25-32(29,30)28-18-19(27-16-6-4-3-5-15(16)26-18)31-17(20(21,22)23)14-9-7-13(12-24)8-10-14/h3-10,17,25H,2,11H2,1H3,(H,26,28). The maximum Gasteiger partial charge on any atom is 0.429 e. The zero-order chi connectivity index (χ0) is 23.4. The first-order chi connectivity index (χ1) is 15.1. The van der Waals surface area contributed by atoms with Crippen LogP contribution in [0.4, 0.5) is 19.0 Å². The van der Waals surface area contributed by atoms with Gasteiger partial charge in [-0.25, -0.2) is 9.97 Å². The maximum absolute atomic E-state index is 13.8. The fourth-order valence-electron chi connectivity index (χ4n) is 2.70. The summed E-state index contributed by atoms with van der Waals surface area (Å²) in [7, 11) is -4.13. The number of hydrogen-bond acceptors (Lipinski definition) is 6. The van der Waals surface area contributed by atoms with E-state index in [9.17, 15) is 21.6 Å². The topological polar surface area (TPSA) is 117 Å². The molecule has 2 aromatic carbocycles. The maximum atomic E-state index is 13.8. The normalized spacial score (nSPS) is 12.8. The number of nitrogens with one attached hydrogen (secondary N) is 2. The van der Waals surface area contributed by atoms with Gasteiger partial charge < -0.3 is 4.74 Å². The second-order valence-electron chi connectivity index (χ2n) is 6.64. The van der Waals surface area contributed by atoms with Crippen LogP contribution in [0.2, 0.25) is 0 Å². The zero-order valence-corrected chi connectivity index (χ0v) is 17.5. The molecule has 0 aliphatic heterocycles. The minimum atomic E-state index is -4.86. The average molecular weight is 465 g/mol. The molecule has 3 rings (SSSR count). The van der Waals surface area contributed by atoms with E-state index >= 15 is 0 Å². The molecule has 8 nitrogen and oxygen atoms in total. The summed E-state index contributed by atoms with van der Waals surface area (Å²) in [6, 6.07) is 12.8. The van der Waals surface area contributed by atoms with Crippen molar-refractivity contribution in [2.75, 3.05) is 11.3 Å². The predicted molar refractivity (Wildman–Crippen MR) is 111 cm³/mol. The number of nitrogens with zero attached hydrogens (tertiary/aromatic N) is 3. The van der Waals surface area contributed by atoms with Crippen LogP contribution in [0.3, 0.4) is 0 Å². The summed E-state index contributed by atoms with van der Waals surface area (Å²) in [5, 5.41) is 8.88. The number of ether oxygens (including phenoxy) is 1. The van der Waals surface area contributed by atoms with Crippen molar-refractivity contribution in [2.24, 2.45) is 0 Å². The first-order valence-electron chi connectivity index (χ1n) is 9.40. The van der Waals surface area contributed by atoms with Gasteiger partial charge in [0.2, 0.25) is 11.9 Å². The molecule has 168 valence electrons. The van der Waals surface area contributed by atoms with Crippen LogP contribution in [0, 0.1) is 11.3 Å². The van der Waals surface area contributed by atoms with Crippen molar-refractivity contribution < 1.29 is 26.3 Å². The molecule has 1 unspecified atom stereocenters. The molecule has 0 saturated heterocycles. The van der Waals surface area contributed by atoms with E-state index in [1.54, 1.807) is 19.1 Å². The van der Waals surface area contributed by atoms with Gasteiger partial charge in [-0.2, -0.15) is 31.6 Å². The Morgan fingerprint density at radius 2 is 1.72 bits per heavy atom. The van der Waals surface area contributed by atoms with Crippen molar-refractivity contribution in [3.05, 3.63) is 59.7 Å².